The molecule has 0 aromatic heterocycles. The minimum atomic E-state index is -0.264. The molecule has 0 bridgehead atoms. The molecule has 0 aliphatic carbocycles. The van der Waals surface area contributed by atoms with Gasteiger partial charge in [-0.25, -0.2) is 0 Å². The smallest absolute Gasteiger partial charge is 0.116 e. The average Bonchev–Trinajstić information content (AvgIpc) is 2.59. The molecule has 0 radical (unpaired) electrons. The molecule has 2 heteroatoms. The lowest BCUT2D eigenvalue weighted by Gasteiger charge is -2.38. The minimum Gasteiger partial charge on any atom is -0.508 e. The van der Waals surface area contributed by atoms with Gasteiger partial charge in [-0.15, -0.1) is 0 Å². The van der Waals surface area contributed by atoms with E-state index in [0.29, 0.717) is 35.2 Å². The molecule has 29 heavy (non-hydrogen) atoms. The third-order valence-electron chi connectivity index (χ3n) is 6.11. The van der Waals surface area contributed by atoms with E-state index in [4.69, 9.17) is 0 Å². The molecule has 160 valence electrons. The van der Waals surface area contributed by atoms with Gasteiger partial charge in [0.05, 0.1) is 0 Å². The van der Waals surface area contributed by atoms with Crippen LogP contribution in [0.25, 0.3) is 0 Å². The Morgan fingerprint density at radius 3 is 0.897 bits per heavy atom. The van der Waals surface area contributed by atoms with E-state index in [1.54, 1.807) is 0 Å². The van der Waals surface area contributed by atoms with Crippen molar-refractivity contribution in [1.82, 2.24) is 0 Å². The highest BCUT2D eigenvalue weighted by Gasteiger charge is 2.35. The predicted molar refractivity (Wildman–Crippen MR) is 125 cm³/mol. The molecule has 0 saturated heterocycles. The second-order valence-corrected chi connectivity index (χ2v) is 10.2. The zero-order chi connectivity index (χ0) is 22.3. The fraction of sp³-hybridized carbons (Fsp3) is 0.556. The highest BCUT2D eigenvalue weighted by atomic mass is 16.3. The van der Waals surface area contributed by atoms with E-state index in [1.165, 1.54) is 33.4 Å². The van der Waals surface area contributed by atoms with Crippen molar-refractivity contribution in [2.45, 2.75) is 98.3 Å². The Morgan fingerprint density at radius 1 is 0.517 bits per heavy atom. The van der Waals surface area contributed by atoms with Gasteiger partial charge in [0.25, 0.3) is 0 Å². The maximum Gasteiger partial charge on any atom is 0.116 e. The molecule has 2 aromatic carbocycles. The number of benzene rings is 2. The Bertz CT molecular complexity index is 741. The van der Waals surface area contributed by atoms with Crippen LogP contribution in [0.1, 0.15) is 126 Å². The van der Waals surface area contributed by atoms with E-state index in [2.05, 4.69) is 69.2 Å². The molecule has 0 heterocycles. The van der Waals surface area contributed by atoms with E-state index < -0.39 is 0 Å². The van der Waals surface area contributed by atoms with Gasteiger partial charge < -0.3 is 10.2 Å². The van der Waals surface area contributed by atoms with E-state index in [-0.39, 0.29) is 5.41 Å². The van der Waals surface area contributed by atoms with Gasteiger partial charge in [0.15, 0.2) is 0 Å². The van der Waals surface area contributed by atoms with Crippen molar-refractivity contribution in [3.05, 3.63) is 57.6 Å². The Labute approximate surface area is 178 Å². The standard InChI is InChI=1S/C27H40O2/c1-15(2)21-11-19(28)12-22(16(3)4)25(21)27(9,10)26-23(17(5)6)13-20(29)14-24(26)18(7)8/h11-18,28-29H,1-10H3. The fourth-order valence-corrected chi connectivity index (χ4v) is 4.73. The van der Waals surface area contributed by atoms with Crippen molar-refractivity contribution in [3.8, 4) is 11.5 Å². The molecule has 2 nitrogen and oxygen atoms in total. The molecule has 0 spiro atoms. The van der Waals surface area contributed by atoms with E-state index >= 15 is 0 Å². The first-order valence-electron chi connectivity index (χ1n) is 11.0. The largest absolute Gasteiger partial charge is 0.508 e. The highest BCUT2D eigenvalue weighted by molar-refractivity contribution is 5.58. The number of phenols is 2. The molecule has 2 rings (SSSR count). The van der Waals surface area contributed by atoms with Gasteiger partial charge in [-0.2, -0.15) is 0 Å². The zero-order valence-electron chi connectivity index (χ0n) is 20.0. The van der Waals surface area contributed by atoms with Crippen LogP contribution in [0.15, 0.2) is 24.3 Å². The first-order chi connectivity index (χ1) is 13.3. The van der Waals surface area contributed by atoms with Gasteiger partial charge in [-0.05, 0) is 81.3 Å². The lowest BCUT2D eigenvalue weighted by molar-refractivity contribution is 0.468. The van der Waals surface area contributed by atoms with Crippen molar-refractivity contribution >= 4 is 0 Å². The van der Waals surface area contributed by atoms with Crippen molar-refractivity contribution in [1.29, 1.82) is 0 Å². The summed E-state index contributed by atoms with van der Waals surface area (Å²) in [5.74, 6) is 1.89. The van der Waals surface area contributed by atoms with Gasteiger partial charge in [-0.1, -0.05) is 69.2 Å². The molecule has 0 atom stereocenters. The maximum atomic E-state index is 10.4. The van der Waals surface area contributed by atoms with E-state index in [9.17, 15) is 10.2 Å². The summed E-state index contributed by atoms with van der Waals surface area (Å²) in [7, 11) is 0. The van der Waals surface area contributed by atoms with Gasteiger partial charge in [-0.3, -0.25) is 0 Å². The van der Waals surface area contributed by atoms with Crippen LogP contribution in [-0.2, 0) is 5.41 Å². The molecule has 0 saturated carbocycles. The third-order valence-corrected chi connectivity index (χ3v) is 6.11. The normalized spacial score (nSPS) is 12.6. The second-order valence-electron chi connectivity index (χ2n) is 10.2. The van der Waals surface area contributed by atoms with Crippen molar-refractivity contribution in [2.75, 3.05) is 0 Å². The number of hydrogen-bond acceptors (Lipinski definition) is 2. The summed E-state index contributed by atoms with van der Waals surface area (Å²) < 4.78 is 0. The fourth-order valence-electron chi connectivity index (χ4n) is 4.73. The molecule has 0 aliphatic rings. The van der Waals surface area contributed by atoms with Crippen LogP contribution in [0.5, 0.6) is 11.5 Å². The molecular weight excluding hydrogens is 356 g/mol. The average molecular weight is 397 g/mol. The van der Waals surface area contributed by atoms with Crippen LogP contribution in [0.2, 0.25) is 0 Å². The minimum absolute atomic E-state index is 0.264. The Morgan fingerprint density at radius 2 is 0.724 bits per heavy atom. The van der Waals surface area contributed by atoms with Crippen LogP contribution in [0.3, 0.4) is 0 Å². The summed E-state index contributed by atoms with van der Waals surface area (Å²) in [6.07, 6.45) is 0. The molecule has 0 fully saturated rings. The highest BCUT2D eigenvalue weighted by Crippen LogP contribution is 2.47. The predicted octanol–water partition coefficient (Wildman–Crippen LogP) is 7.92. The first kappa shape index (κ1) is 23.3. The molecule has 0 unspecified atom stereocenters. The number of aromatic hydroxyl groups is 2. The summed E-state index contributed by atoms with van der Waals surface area (Å²) in [6.45, 7) is 22.2. The summed E-state index contributed by atoms with van der Waals surface area (Å²) in [6, 6.07) is 7.77. The Kier molecular flexibility index (Phi) is 6.77. The van der Waals surface area contributed by atoms with Crippen LogP contribution in [0.4, 0.5) is 0 Å². The number of hydrogen-bond donors (Lipinski definition) is 2. The molecular formula is C27H40O2. The van der Waals surface area contributed by atoms with Crippen molar-refractivity contribution in [2.24, 2.45) is 0 Å². The Hall–Kier alpha value is -1.96. The van der Waals surface area contributed by atoms with Gasteiger partial charge >= 0.3 is 0 Å². The quantitative estimate of drug-likeness (QED) is 0.520. The maximum absolute atomic E-state index is 10.4. The van der Waals surface area contributed by atoms with Gasteiger partial charge in [0.1, 0.15) is 11.5 Å². The second kappa shape index (κ2) is 8.42. The molecule has 2 N–H and O–H groups in total. The SMILES string of the molecule is CC(C)c1cc(O)cc(C(C)C)c1C(C)(C)c1c(C(C)C)cc(O)cc1C(C)C. The lowest BCUT2D eigenvalue weighted by atomic mass is 9.66. The van der Waals surface area contributed by atoms with Crippen molar-refractivity contribution in [3.63, 3.8) is 0 Å². The van der Waals surface area contributed by atoms with Crippen LogP contribution < -0.4 is 0 Å². The Balaban J connectivity index is 3.01. The summed E-state index contributed by atoms with van der Waals surface area (Å²) in [5.41, 5.74) is 7.18. The lowest BCUT2D eigenvalue weighted by Crippen LogP contribution is -2.28. The summed E-state index contributed by atoms with van der Waals surface area (Å²) >= 11 is 0. The zero-order valence-corrected chi connectivity index (χ0v) is 20.0. The third kappa shape index (κ3) is 4.47. The summed E-state index contributed by atoms with van der Waals surface area (Å²) in [5, 5.41) is 20.9. The van der Waals surface area contributed by atoms with Crippen molar-refractivity contribution < 1.29 is 10.2 Å². The topological polar surface area (TPSA) is 40.5 Å². The van der Waals surface area contributed by atoms with Crippen LogP contribution in [-0.4, -0.2) is 10.2 Å². The van der Waals surface area contributed by atoms with Gasteiger partial charge in [0.2, 0.25) is 0 Å². The van der Waals surface area contributed by atoms with Gasteiger partial charge in [0, 0.05) is 5.41 Å². The monoisotopic (exact) mass is 396 g/mol. The number of rotatable bonds is 6. The summed E-state index contributed by atoms with van der Waals surface area (Å²) in [4.78, 5) is 0. The molecule has 0 amide bonds. The van der Waals surface area contributed by atoms with E-state index in [0.717, 1.165) is 0 Å². The van der Waals surface area contributed by atoms with Crippen LogP contribution in [0, 0.1) is 0 Å². The molecule has 0 aliphatic heterocycles. The van der Waals surface area contributed by atoms with E-state index in [1.807, 2.05) is 24.3 Å². The van der Waals surface area contributed by atoms with Crippen LogP contribution >= 0.6 is 0 Å². The first-order valence-corrected chi connectivity index (χ1v) is 11.0. The number of phenolic OH excluding ortho intramolecular Hbond substituents is 2. The molecule has 2 aromatic rings.